The molecule has 1 amide bonds. The first-order valence-corrected chi connectivity index (χ1v) is 14.1. The van der Waals surface area contributed by atoms with E-state index in [0.717, 1.165) is 18.7 Å². The predicted molar refractivity (Wildman–Crippen MR) is 145 cm³/mol. The molecular weight excluding hydrogens is 512 g/mol. The smallest absolute Gasteiger partial charge is 0.262 e. The van der Waals surface area contributed by atoms with Gasteiger partial charge >= 0.3 is 0 Å². The molecule has 0 aliphatic carbocycles. The summed E-state index contributed by atoms with van der Waals surface area (Å²) in [6, 6.07) is 8.67. The van der Waals surface area contributed by atoms with E-state index in [4.69, 9.17) is 11.6 Å². The molecule has 9 nitrogen and oxygen atoms in total. The average Bonchev–Trinajstić information content (AvgIpc) is 3.33. The zero-order chi connectivity index (χ0) is 27.0. The number of carbonyl (C=O) groups is 1. The molecule has 3 heterocycles. The van der Waals surface area contributed by atoms with Crippen molar-refractivity contribution in [1.29, 1.82) is 0 Å². The van der Waals surface area contributed by atoms with Crippen LogP contribution in [0.25, 0.3) is 5.82 Å². The fourth-order valence-electron chi connectivity index (χ4n) is 4.20. The summed E-state index contributed by atoms with van der Waals surface area (Å²) in [5.74, 6) is 0.0904. The molecule has 0 spiro atoms. The Bertz CT molecular complexity index is 1370. The summed E-state index contributed by atoms with van der Waals surface area (Å²) in [7, 11) is -3.93. The Hall–Kier alpha value is -2.95. The molecule has 37 heavy (non-hydrogen) atoms. The molecule has 3 aromatic rings. The predicted octanol–water partition coefficient (Wildman–Crippen LogP) is 4.19. The maximum absolute atomic E-state index is 13.2. The third-order valence-corrected chi connectivity index (χ3v) is 8.07. The van der Waals surface area contributed by atoms with Gasteiger partial charge in [0.05, 0.1) is 27.4 Å². The van der Waals surface area contributed by atoms with Crippen LogP contribution < -0.4 is 4.72 Å². The number of hydrogen-bond acceptors (Lipinski definition) is 6. The van der Waals surface area contributed by atoms with Crippen molar-refractivity contribution in [2.45, 2.75) is 51.0 Å². The van der Waals surface area contributed by atoms with Gasteiger partial charge in [-0.25, -0.2) is 18.1 Å². The average molecular weight is 545 g/mol. The first-order valence-electron chi connectivity index (χ1n) is 12.2. The highest BCUT2D eigenvalue weighted by molar-refractivity contribution is 7.92. The lowest BCUT2D eigenvalue weighted by molar-refractivity contribution is 0.0595. The van der Waals surface area contributed by atoms with Gasteiger partial charge in [-0.15, -0.1) is 0 Å². The number of aromatic nitrogens is 3. The molecule has 11 heteroatoms. The number of piperazine rings is 1. The number of carbonyl (C=O) groups excluding carboxylic acids is 1. The third kappa shape index (κ3) is 6.14. The lowest BCUT2D eigenvalue weighted by Gasteiger charge is -2.36. The normalized spacial score (nSPS) is 15.3. The van der Waals surface area contributed by atoms with E-state index < -0.39 is 10.0 Å². The van der Waals surface area contributed by atoms with Gasteiger partial charge in [0.25, 0.3) is 15.9 Å². The zero-order valence-corrected chi connectivity index (χ0v) is 23.3. The van der Waals surface area contributed by atoms with Gasteiger partial charge < -0.3 is 4.90 Å². The van der Waals surface area contributed by atoms with Crippen LogP contribution in [-0.2, 0) is 15.4 Å². The van der Waals surface area contributed by atoms with Crippen LogP contribution in [0.3, 0.4) is 0 Å². The highest BCUT2D eigenvalue weighted by Gasteiger charge is 2.25. The summed E-state index contributed by atoms with van der Waals surface area (Å²) in [5.41, 5.74) is 1.48. The monoisotopic (exact) mass is 544 g/mol. The van der Waals surface area contributed by atoms with Crippen molar-refractivity contribution in [2.75, 3.05) is 30.9 Å². The van der Waals surface area contributed by atoms with Crippen molar-refractivity contribution in [3.8, 4) is 5.82 Å². The van der Waals surface area contributed by atoms with Crippen LogP contribution in [0.1, 0.15) is 50.5 Å². The molecule has 4 rings (SSSR count). The number of nitrogens with one attached hydrogen (secondary N) is 1. The Labute approximate surface area is 223 Å². The first-order chi connectivity index (χ1) is 17.3. The van der Waals surface area contributed by atoms with Crippen molar-refractivity contribution >= 4 is 33.2 Å². The molecule has 1 saturated heterocycles. The van der Waals surface area contributed by atoms with Crippen LogP contribution in [0.2, 0.25) is 5.02 Å². The number of benzene rings is 1. The van der Waals surface area contributed by atoms with Crippen LogP contribution in [-0.4, -0.2) is 71.1 Å². The number of rotatable bonds is 6. The minimum absolute atomic E-state index is 0.100. The lowest BCUT2D eigenvalue weighted by Crippen LogP contribution is -2.50. The molecule has 1 fully saturated rings. The van der Waals surface area contributed by atoms with Gasteiger partial charge in [-0.05, 0) is 43.0 Å². The molecule has 1 aliphatic rings. The first kappa shape index (κ1) is 27.1. The number of hydrogen-bond donors (Lipinski definition) is 1. The Morgan fingerprint density at radius 3 is 2.30 bits per heavy atom. The van der Waals surface area contributed by atoms with Crippen LogP contribution in [0.5, 0.6) is 0 Å². The second kappa shape index (κ2) is 10.4. The molecule has 0 unspecified atom stereocenters. The van der Waals surface area contributed by atoms with E-state index >= 15 is 0 Å². The molecule has 2 aromatic heterocycles. The molecule has 1 aliphatic heterocycles. The molecule has 1 aromatic carbocycles. The van der Waals surface area contributed by atoms with Crippen LogP contribution in [0.15, 0.2) is 53.8 Å². The van der Waals surface area contributed by atoms with Crippen molar-refractivity contribution in [1.82, 2.24) is 24.6 Å². The zero-order valence-electron chi connectivity index (χ0n) is 21.8. The Morgan fingerprint density at radius 2 is 1.70 bits per heavy atom. The number of anilines is 1. The highest BCUT2D eigenvalue weighted by Crippen LogP contribution is 2.27. The van der Waals surface area contributed by atoms with Crippen LogP contribution in [0.4, 0.5) is 5.69 Å². The van der Waals surface area contributed by atoms with Gasteiger partial charge in [0.15, 0.2) is 5.82 Å². The van der Waals surface area contributed by atoms with Crippen molar-refractivity contribution in [3.05, 3.63) is 65.1 Å². The summed E-state index contributed by atoms with van der Waals surface area (Å²) in [5, 5.41) is 4.56. The Kier molecular flexibility index (Phi) is 7.64. The molecule has 0 bridgehead atoms. The molecule has 1 N–H and O–H groups in total. The number of nitrogens with zero attached hydrogens (tertiary/aromatic N) is 5. The molecule has 198 valence electrons. The van der Waals surface area contributed by atoms with Crippen molar-refractivity contribution in [3.63, 3.8) is 0 Å². The second-order valence-electron chi connectivity index (χ2n) is 10.5. The van der Waals surface area contributed by atoms with E-state index in [0.29, 0.717) is 24.7 Å². The summed E-state index contributed by atoms with van der Waals surface area (Å²) in [6.07, 6.45) is 4.43. The second-order valence-corrected chi connectivity index (χ2v) is 12.6. The fourth-order valence-corrected chi connectivity index (χ4v) is 5.41. The largest absolute Gasteiger partial charge is 0.336 e. The van der Waals surface area contributed by atoms with E-state index in [2.05, 4.69) is 54.3 Å². The lowest BCUT2D eigenvalue weighted by atomic mass is 9.87. The summed E-state index contributed by atoms with van der Waals surface area (Å²) < 4.78 is 30.3. The quantitative estimate of drug-likeness (QED) is 0.499. The van der Waals surface area contributed by atoms with Gasteiger partial charge in [0.1, 0.15) is 0 Å². The Morgan fingerprint density at radius 1 is 1.05 bits per heavy atom. The SMILES string of the molecule is CC(C)N1CCN(C(=O)c2cnn(-c3ncc(Cl)cc3NS(=O)(=O)c3ccc(C(C)(C)C)cc3)c2)CC1. The third-order valence-electron chi connectivity index (χ3n) is 6.49. The van der Waals surface area contributed by atoms with E-state index in [1.165, 1.54) is 23.1 Å². The summed E-state index contributed by atoms with van der Waals surface area (Å²) in [4.78, 5) is 21.6. The van der Waals surface area contributed by atoms with Crippen molar-refractivity contribution < 1.29 is 13.2 Å². The maximum Gasteiger partial charge on any atom is 0.262 e. The van der Waals surface area contributed by atoms with Gasteiger partial charge in [-0.2, -0.15) is 5.10 Å². The van der Waals surface area contributed by atoms with Gasteiger partial charge in [0.2, 0.25) is 0 Å². The van der Waals surface area contributed by atoms with Gasteiger partial charge in [0, 0.05) is 44.6 Å². The number of sulfonamides is 1. The highest BCUT2D eigenvalue weighted by atomic mass is 35.5. The van der Waals surface area contributed by atoms with Crippen molar-refractivity contribution in [2.24, 2.45) is 0 Å². The summed E-state index contributed by atoms with van der Waals surface area (Å²) in [6.45, 7) is 13.4. The van der Waals surface area contributed by atoms with E-state index in [1.54, 1.807) is 35.4 Å². The topological polar surface area (TPSA) is 100 Å². The molecule has 0 atom stereocenters. The van der Waals surface area contributed by atoms with E-state index in [9.17, 15) is 13.2 Å². The Balaban J connectivity index is 1.56. The van der Waals surface area contributed by atoms with Gasteiger partial charge in [-0.3, -0.25) is 14.4 Å². The minimum atomic E-state index is -3.93. The maximum atomic E-state index is 13.2. The van der Waals surface area contributed by atoms with Crippen LogP contribution in [0, 0.1) is 0 Å². The molecule has 0 radical (unpaired) electrons. The minimum Gasteiger partial charge on any atom is -0.336 e. The van der Waals surface area contributed by atoms with E-state index in [1.807, 2.05) is 0 Å². The van der Waals surface area contributed by atoms with Gasteiger partial charge in [-0.1, -0.05) is 44.5 Å². The number of amides is 1. The molecule has 0 saturated carbocycles. The van der Waals surface area contributed by atoms with Crippen LogP contribution >= 0.6 is 11.6 Å². The van der Waals surface area contributed by atoms with E-state index in [-0.39, 0.29) is 32.7 Å². The molecular formula is C26H33ClN6O3S. The number of pyridine rings is 1. The summed E-state index contributed by atoms with van der Waals surface area (Å²) >= 11 is 6.15. The standard InChI is InChI=1S/C26H33ClN6O3S/c1-18(2)31-10-12-32(13-11-31)25(34)19-15-29-33(17-19)24-23(14-21(27)16-28-24)30-37(35,36)22-8-6-20(7-9-22)26(3,4)5/h6-9,14-18,30H,10-13H2,1-5H3. The number of halogens is 1. The fraction of sp³-hybridized carbons (Fsp3) is 0.423.